The lowest BCUT2D eigenvalue weighted by atomic mass is 10.1. The molecule has 19 heavy (non-hydrogen) atoms. The van der Waals surface area contributed by atoms with Gasteiger partial charge in [0.25, 0.3) is 0 Å². The Morgan fingerprint density at radius 1 is 1.11 bits per heavy atom. The van der Waals surface area contributed by atoms with Crippen molar-refractivity contribution < 1.29 is 19.0 Å². The molecule has 0 heterocycles. The minimum atomic E-state index is -1.22. The Morgan fingerprint density at radius 3 is 2.42 bits per heavy atom. The van der Waals surface area contributed by atoms with E-state index >= 15 is 0 Å². The number of carboxylic acid groups (broad SMARTS) is 1. The predicted octanol–water partition coefficient (Wildman–Crippen LogP) is 3.93. The number of halogens is 1. The summed E-state index contributed by atoms with van der Waals surface area (Å²) in [6.45, 7) is 3.82. The van der Waals surface area contributed by atoms with Gasteiger partial charge in [-0.1, -0.05) is 17.7 Å². The van der Waals surface area contributed by atoms with Crippen molar-refractivity contribution in [2.45, 2.75) is 13.8 Å². The van der Waals surface area contributed by atoms with Crippen molar-refractivity contribution in [1.29, 1.82) is 0 Å². The number of hydrogen-bond acceptors (Lipinski definition) is 2. The van der Waals surface area contributed by atoms with Gasteiger partial charge in [-0.25, -0.2) is 9.18 Å². The van der Waals surface area contributed by atoms with Gasteiger partial charge in [-0.3, -0.25) is 0 Å². The Morgan fingerprint density at radius 2 is 1.79 bits per heavy atom. The maximum Gasteiger partial charge on any atom is 0.339 e. The van der Waals surface area contributed by atoms with Gasteiger partial charge < -0.3 is 9.84 Å². The molecule has 0 atom stereocenters. The average molecular weight is 260 g/mol. The Labute approximate surface area is 110 Å². The van der Waals surface area contributed by atoms with Crippen LogP contribution in [0.25, 0.3) is 0 Å². The van der Waals surface area contributed by atoms with Gasteiger partial charge in [-0.2, -0.15) is 0 Å². The largest absolute Gasteiger partial charge is 0.478 e. The van der Waals surface area contributed by atoms with Gasteiger partial charge in [-0.05, 0) is 43.7 Å². The third-order valence-corrected chi connectivity index (χ3v) is 2.72. The zero-order chi connectivity index (χ0) is 14.0. The van der Waals surface area contributed by atoms with Crippen LogP contribution in [0.4, 0.5) is 4.39 Å². The molecule has 0 aliphatic carbocycles. The molecular formula is C15H13FO3. The summed E-state index contributed by atoms with van der Waals surface area (Å²) in [6.07, 6.45) is 0. The zero-order valence-electron chi connectivity index (χ0n) is 10.6. The van der Waals surface area contributed by atoms with Crippen molar-refractivity contribution in [2.24, 2.45) is 0 Å². The van der Waals surface area contributed by atoms with Crippen molar-refractivity contribution in [1.82, 2.24) is 0 Å². The summed E-state index contributed by atoms with van der Waals surface area (Å²) in [4.78, 5) is 11.1. The van der Waals surface area contributed by atoms with E-state index in [-0.39, 0.29) is 11.3 Å². The van der Waals surface area contributed by atoms with Gasteiger partial charge in [0.2, 0.25) is 0 Å². The van der Waals surface area contributed by atoms with Crippen molar-refractivity contribution >= 4 is 5.97 Å². The smallest absolute Gasteiger partial charge is 0.339 e. The molecule has 0 aliphatic heterocycles. The zero-order valence-corrected chi connectivity index (χ0v) is 10.6. The number of carbonyl (C=O) groups is 1. The number of carboxylic acids is 1. The van der Waals surface area contributed by atoms with Crippen LogP contribution in [0.5, 0.6) is 11.5 Å². The third-order valence-electron chi connectivity index (χ3n) is 2.72. The summed E-state index contributed by atoms with van der Waals surface area (Å²) in [5.41, 5.74) is 1.78. The number of rotatable bonds is 3. The SMILES string of the molecule is Cc1ccc(Oc2ccc(F)cc2C(=O)O)c(C)c1. The Kier molecular flexibility index (Phi) is 3.51. The first-order chi connectivity index (χ1) is 8.97. The van der Waals surface area contributed by atoms with E-state index in [0.29, 0.717) is 5.75 Å². The molecule has 0 radical (unpaired) electrons. The summed E-state index contributed by atoms with van der Waals surface area (Å²) < 4.78 is 18.6. The molecule has 3 nitrogen and oxygen atoms in total. The van der Waals surface area contributed by atoms with E-state index in [2.05, 4.69) is 0 Å². The number of aryl methyl sites for hydroxylation is 2. The minimum absolute atomic E-state index is 0.126. The van der Waals surface area contributed by atoms with Gasteiger partial charge >= 0.3 is 5.97 Å². The van der Waals surface area contributed by atoms with Crippen LogP contribution in [0.2, 0.25) is 0 Å². The molecule has 0 saturated carbocycles. The second kappa shape index (κ2) is 5.10. The van der Waals surface area contributed by atoms with E-state index in [9.17, 15) is 9.18 Å². The van der Waals surface area contributed by atoms with Gasteiger partial charge in [0.15, 0.2) is 0 Å². The predicted molar refractivity (Wildman–Crippen MR) is 69.3 cm³/mol. The van der Waals surface area contributed by atoms with Gasteiger partial charge in [0.05, 0.1) is 0 Å². The second-order valence-corrected chi connectivity index (χ2v) is 4.32. The van der Waals surface area contributed by atoms with Gasteiger partial charge in [-0.15, -0.1) is 0 Å². The minimum Gasteiger partial charge on any atom is -0.478 e. The third kappa shape index (κ3) is 2.91. The summed E-state index contributed by atoms with van der Waals surface area (Å²) in [5, 5.41) is 9.03. The van der Waals surface area contributed by atoms with E-state index in [0.717, 1.165) is 17.2 Å². The normalized spacial score (nSPS) is 10.3. The highest BCUT2D eigenvalue weighted by atomic mass is 19.1. The molecule has 0 spiro atoms. The quantitative estimate of drug-likeness (QED) is 0.909. The fourth-order valence-corrected chi connectivity index (χ4v) is 1.79. The van der Waals surface area contributed by atoms with Crippen molar-refractivity contribution in [3.63, 3.8) is 0 Å². The van der Waals surface area contributed by atoms with E-state index in [4.69, 9.17) is 9.84 Å². The molecule has 0 unspecified atom stereocenters. The van der Waals surface area contributed by atoms with Crippen LogP contribution in [0.15, 0.2) is 36.4 Å². The Bertz CT molecular complexity index is 635. The lowest BCUT2D eigenvalue weighted by Crippen LogP contribution is -2.01. The summed E-state index contributed by atoms with van der Waals surface area (Å²) >= 11 is 0. The number of aromatic carboxylic acids is 1. The topological polar surface area (TPSA) is 46.5 Å². The number of ether oxygens (including phenoxy) is 1. The van der Waals surface area contributed by atoms with Crippen LogP contribution in [-0.4, -0.2) is 11.1 Å². The molecule has 0 aliphatic rings. The van der Waals surface area contributed by atoms with Crippen LogP contribution in [0.3, 0.4) is 0 Å². The summed E-state index contributed by atoms with van der Waals surface area (Å²) in [6, 6.07) is 9.00. The first-order valence-electron chi connectivity index (χ1n) is 5.75. The van der Waals surface area contributed by atoms with E-state index in [1.54, 1.807) is 6.07 Å². The molecule has 0 aromatic heterocycles. The Balaban J connectivity index is 2.40. The lowest BCUT2D eigenvalue weighted by molar-refractivity contribution is 0.0693. The highest BCUT2D eigenvalue weighted by Gasteiger charge is 2.14. The van der Waals surface area contributed by atoms with Crippen molar-refractivity contribution in [3.8, 4) is 11.5 Å². The summed E-state index contributed by atoms with van der Waals surface area (Å²) in [5.74, 6) is -1.15. The van der Waals surface area contributed by atoms with Crippen molar-refractivity contribution in [3.05, 3.63) is 58.9 Å². The molecule has 2 aromatic carbocycles. The highest BCUT2D eigenvalue weighted by Crippen LogP contribution is 2.29. The lowest BCUT2D eigenvalue weighted by Gasteiger charge is -2.11. The molecule has 4 heteroatoms. The van der Waals surface area contributed by atoms with Crippen LogP contribution in [0.1, 0.15) is 21.5 Å². The molecule has 0 amide bonds. The van der Waals surface area contributed by atoms with E-state index < -0.39 is 11.8 Å². The second-order valence-electron chi connectivity index (χ2n) is 4.32. The monoisotopic (exact) mass is 260 g/mol. The number of benzene rings is 2. The maximum absolute atomic E-state index is 13.1. The first-order valence-corrected chi connectivity index (χ1v) is 5.75. The standard InChI is InChI=1S/C15H13FO3/c1-9-3-5-13(10(2)7-9)19-14-6-4-11(16)8-12(14)15(17)18/h3-8H,1-2H3,(H,17,18). The maximum atomic E-state index is 13.1. The van der Waals surface area contributed by atoms with Crippen LogP contribution < -0.4 is 4.74 Å². The van der Waals surface area contributed by atoms with Crippen molar-refractivity contribution in [2.75, 3.05) is 0 Å². The van der Waals surface area contributed by atoms with Gasteiger partial charge in [0, 0.05) is 0 Å². The molecule has 2 aromatic rings. The first kappa shape index (κ1) is 13.1. The Hall–Kier alpha value is -2.36. The molecule has 2 rings (SSSR count). The van der Waals surface area contributed by atoms with Crippen LogP contribution in [0, 0.1) is 19.7 Å². The molecule has 0 fully saturated rings. The number of hydrogen-bond donors (Lipinski definition) is 1. The molecule has 98 valence electrons. The fourth-order valence-electron chi connectivity index (χ4n) is 1.79. The van der Waals surface area contributed by atoms with E-state index in [1.165, 1.54) is 12.1 Å². The average Bonchev–Trinajstić information content (AvgIpc) is 2.34. The molecule has 1 N–H and O–H groups in total. The highest BCUT2D eigenvalue weighted by molar-refractivity contribution is 5.91. The molecular weight excluding hydrogens is 247 g/mol. The molecule has 0 saturated heterocycles. The van der Waals surface area contributed by atoms with Crippen LogP contribution >= 0.6 is 0 Å². The fraction of sp³-hybridized carbons (Fsp3) is 0.133. The van der Waals surface area contributed by atoms with Crippen LogP contribution in [-0.2, 0) is 0 Å². The van der Waals surface area contributed by atoms with Gasteiger partial charge in [0.1, 0.15) is 22.9 Å². The molecule has 0 bridgehead atoms. The summed E-state index contributed by atoms with van der Waals surface area (Å²) in [7, 11) is 0. The van der Waals surface area contributed by atoms with E-state index in [1.807, 2.05) is 26.0 Å².